The maximum atomic E-state index is 11.6. The summed E-state index contributed by atoms with van der Waals surface area (Å²) in [4.78, 5) is 10.4. The predicted octanol–water partition coefficient (Wildman–Crippen LogP) is 0.546. The second kappa shape index (κ2) is 5.05. The second-order valence-corrected chi connectivity index (χ2v) is 5.32. The van der Waals surface area contributed by atoms with Gasteiger partial charge in [-0.1, -0.05) is 0 Å². The van der Waals surface area contributed by atoms with Crippen LogP contribution < -0.4 is 9.04 Å². The number of anilines is 1. The van der Waals surface area contributed by atoms with Crippen LogP contribution in [0.3, 0.4) is 0 Å². The average molecular weight is 259 g/mol. The van der Waals surface area contributed by atoms with Gasteiger partial charge in [0, 0.05) is 7.05 Å². The van der Waals surface area contributed by atoms with E-state index in [1.807, 2.05) is 0 Å². The molecule has 0 fully saturated rings. The standard InChI is InChI=1S/C10H13NO5S/c1-11(17(14,15)7-10(12)13)8-3-5-9(16-2)6-4-8/h3-6H,7H2,1-2H3,(H,12,13). The highest BCUT2D eigenvalue weighted by Gasteiger charge is 2.21. The summed E-state index contributed by atoms with van der Waals surface area (Å²) < 4.78 is 29.1. The summed E-state index contributed by atoms with van der Waals surface area (Å²) in [6.07, 6.45) is 0. The molecule has 7 heteroatoms. The summed E-state index contributed by atoms with van der Waals surface area (Å²) >= 11 is 0. The lowest BCUT2D eigenvalue weighted by Gasteiger charge is -2.18. The van der Waals surface area contributed by atoms with Gasteiger partial charge in [0.05, 0.1) is 12.8 Å². The summed E-state index contributed by atoms with van der Waals surface area (Å²) in [5.74, 6) is -1.72. The molecule has 0 bridgehead atoms. The Morgan fingerprint density at radius 3 is 2.29 bits per heavy atom. The molecule has 94 valence electrons. The Hall–Kier alpha value is -1.76. The van der Waals surface area contributed by atoms with Crippen molar-refractivity contribution in [3.8, 4) is 5.75 Å². The summed E-state index contributed by atoms with van der Waals surface area (Å²) in [6, 6.07) is 6.28. The van der Waals surface area contributed by atoms with Crippen molar-refractivity contribution < 1.29 is 23.1 Å². The van der Waals surface area contributed by atoms with Gasteiger partial charge in [0.1, 0.15) is 5.75 Å². The number of hydrogen-bond acceptors (Lipinski definition) is 4. The van der Waals surface area contributed by atoms with Crippen LogP contribution in [0.4, 0.5) is 5.69 Å². The van der Waals surface area contributed by atoms with Crippen LogP contribution in [-0.2, 0) is 14.8 Å². The number of carbonyl (C=O) groups is 1. The topological polar surface area (TPSA) is 83.9 Å². The van der Waals surface area contributed by atoms with Crippen molar-refractivity contribution in [1.82, 2.24) is 0 Å². The first-order chi connectivity index (χ1) is 7.86. The Bertz CT molecular complexity index is 494. The molecule has 0 amide bonds. The normalized spacial score (nSPS) is 10.9. The largest absolute Gasteiger partial charge is 0.497 e. The van der Waals surface area contributed by atoms with Gasteiger partial charge in [-0.05, 0) is 24.3 Å². The minimum Gasteiger partial charge on any atom is -0.497 e. The molecule has 1 rings (SSSR count). The fourth-order valence-electron chi connectivity index (χ4n) is 1.21. The molecule has 1 aromatic rings. The van der Waals surface area contributed by atoms with Crippen molar-refractivity contribution >= 4 is 21.7 Å². The van der Waals surface area contributed by atoms with E-state index in [4.69, 9.17) is 9.84 Å². The van der Waals surface area contributed by atoms with Crippen LogP contribution in [0.25, 0.3) is 0 Å². The van der Waals surface area contributed by atoms with E-state index < -0.39 is 21.7 Å². The van der Waals surface area contributed by atoms with E-state index in [2.05, 4.69) is 0 Å². The number of hydrogen-bond donors (Lipinski definition) is 1. The molecule has 0 heterocycles. The van der Waals surface area contributed by atoms with Gasteiger partial charge in [-0.15, -0.1) is 0 Å². The van der Waals surface area contributed by atoms with Crippen LogP contribution in [0, 0.1) is 0 Å². The maximum absolute atomic E-state index is 11.6. The van der Waals surface area contributed by atoms with E-state index in [1.54, 1.807) is 12.1 Å². The zero-order valence-electron chi connectivity index (χ0n) is 9.45. The first kappa shape index (κ1) is 13.3. The molecule has 6 nitrogen and oxygen atoms in total. The number of benzene rings is 1. The minimum atomic E-state index is -3.84. The van der Waals surface area contributed by atoms with Crippen molar-refractivity contribution in [3.05, 3.63) is 24.3 Å². The number of rotatable bonds is 5. The molecule has 0 aliphatic rings. The molecular formula is C10H13NO5S. The number of nitrogens with zero attached hydrogens (tertiary/aromatic N) is 1. The molecule has 0 aliphatic heterocycles. The third-order valence-corrected chi connectivity index (χ3v) is 3.82. The van der Waals surface area contributed by atoms with Crippen molar-refractivity contribution in [3.63, 3.8) is 0 Å². The summed E-state index contributed by atoms with van der Waals surface area (Å²) in [5, 5.41) is 8.50. The quantitative estimate of drug-likeness (QED) is 0.834. The van der Waals surface area contributed by atoms with E-state index in [0.717, 1.165) is 4.31 Å². The number of aliphatic carboxylic acids is 1. The van der Waals surface area contributed by atoms with Crippen LogP contribution in [0.1, 0.15) is 0 Å². The van der Waals surface area contributed by atoms with Gasteiger partial charge >= 0.3 is 5.97 Å². The van der Waals surface area contributed by atoms with Crippen molar-refractivity contribution in [2.45, 2.75) is 0 Å². The number of carboxylic acids is 1. The highest BCUT2D eigenvalue weighted by molar-refractivity contribution is 7.93. The molecule has 0 unspecified atom stereocenters. The highest BCUT2D eigenvalue weighted by atomic mass is 32.2. The summed E-state index contributed by atoms with van der Waals surface area (Å²) in [7, 11) is -1.03. The van der Waals surface area contributed by atoms with Gasteiger partial charge in [0.2, 0.25) is 10.0 Å². The molecule has 0 atom stereocenters. The lowest BCUT2D eigenvalue weighted by Crippen LogP contribution is -2.32. The maximum Gasteiger partial charge on any atom is 0.320 e. The fraction of sp³-hybridized carbons (Fsp3) is 0.300. The Balaban J connectivity index is 2.95. The van der Waals surface area contributed by atoms with Crippen LogP contribution in [0.15, 0.2) is 24.3 Å². The molecular weight excluding hydrogens is 246 g/mol. The SMILES string of the molecule is COc1ccc(N(C)S(=O)(=O)CC(=O)O)cc1. The first-order valence-electron chi connectivity index (χ1n) is 4.69. The monoisotopic (exact) mass is 259 g/mol. The van der Waals surface area contributed by atoms with E-state index in [0.29, 0.717) is 11.4 Å². The van der Waals surface area contributed by atoms with Crippen molar-refractivity contribution in [2.24, 2.45) is 0 Å². The summed E-state index contributed by atoms with van der Waals surface area (Å²) in [5.41, 5.74) is 0.382. The van der Waals surface area contributed by atoms with Gasteiger partial charge in [-0.3, -0.25) is 9.10 Å². The lowest BCUT2D eigenvalue weighted by atomic mass is 10.3. The van der Waals surface area contributed by atoms with Gasteiger partial charge in [-0.25, -0.2) is 8.42 Å². The van der Waals surface area contributed by atoms with E-state index in [-0.39, 0.29) is 0 Å². The number of carboxylic acid groups (broad SMARTS) is 1. The average Bonchev–Trinajstić information content (AvgIpc) is 2.26. The number of methoxy groups -OCH3 is 1. The number of ether oxygens (including phenoxy) is 1. The molecule has 1 aromatic carbocycles. The first-order valence-corrected chi connectivity index (χ1v) is 6.30. The van der Waals surface area contributed by atoms with Gasteiger partial charge in [0.25, 0.3) is 0 Å². The van der Waals surface area contributed by atoms with E-state index in [9.17, 15) is 13.2 Å². The fourth-order valence-corrected chi connectivity index (χ4v) is 2.15. The van der Waals surface area contributed by atoms with Gasteiger partial charge in [0.15, 0.2) is 5.75 Å². The smallest absolute Gasteiger partial charge is 0.320 e. The van der Waals surface area contributed by atoms with Gasteiger partial charge in [-0.2, -0.15) is 0 Å². The Kier molecular flexibility index (Phi) is 3.95. The Morgan fingerprint density at radius 2 is 1.88 bits per heavy atom. The van der Waals surface area contributed by atoms with Crippen LogP contribution in [0.2, 0.25) is 0 Å². The highest BCUT2D eigenvalue weighted by Crippen LogP contribution is 2.20. The Morgan fingerprint density at radius 1 is 1.35 bits per heavy atom. The predicted molar refractivity (Wildman–Crippen MR) is 62.8 cm³/mol. The molecule has 0 aromatic heterocycles. The molecule has 17 heavy (non-hydrogen) atoms. The third kappa shape index (κ3) is 3.35. The second-order valence-electron chi connectivity index (χ2n) is 3.32. The zero-order chi connectivity index (χ0) is 13.1. The number of sulfonamides is 1. The van der Waals surface area contributed by atoms with E-state index in [1.165, 1.54) is 26.3 Å². The van der Waals surface area contributed by atoms with Crippen LogP contribution in [-0.4, -0.2) is 39.4 Å². The van der Waals surface area contributed by atoms with Crippen LogP contribution in [0.5, 0.6) is 5.75 Å². The molecule has 0 spiro atoms. The van der Waals surface area contributed by atoms with Crippen molar-refractivity contribution in [2.75, 3.05) is 24.2 Å². The third-order valence-electron chi connectivity index (χ3n) is 2.16. The zero-order valence-corrected chi connectivity index (χ0v) is 10.3. The molecule has 0 radical (unpaired) electrons. The lowest BCUT2D eigenvalue weighted by molar-refractivity contribution is -0.134. The molecule has 0 aliphatic carbocycles. The summed E-state index contributed by atoms with van der Waals surface area (Å²) in [6.45, 7) is 0. The molecule has 0 saturated carbocycles. The molecule has 1 N–H and O–H groups in total. The van der Waals surface area contributed by atoms with Crippen LogP contribution >= 0.6 is 0 Å². The Labute approximate surface area is 99.5 Å². The minimum absolute atomic E-state index is 0.382. The van der Waals surface area contributed by atoms with Crippen molar-refractivity contribution in [1.29, 1.82) is 0 Å². The molecule has 0 saturated heterocycles. The van der Waals surface area contributed by atoms with Gasteiger partial charge < -0.3 is 9.84 Å². The van der Waals surface area contributed by atoms with E-state index >= 15 is 0 Å².